The van der Waals surface area contributed by atoms with Gasteiger partial charge < -0.3 is 156 Å². The highest BCUT2D eigenvalue weighted by Gasteiger charge is 2.54. The van der Waals surface area contributed by atoms with Gasteiger partial charge in [-0.2, -0.15) is 0 Å². The first-order chi connectivity index (χ1) is 60.1. The number of hydrogen-bond acceptors (Lipinski definition) is 41. The van der Waals surface area contributed by atoms with Crippen LogP contribution in [0.25, 0.3) is 0 Å². The van der Waals surface area contributed by atoms with Crippen LogP contribution in [0.5, 0.6) is 0 Å². The first-order valence-corrected chi connectivity index (χ1v) is 40.6. The molecule has 17 atom stereocenters. The number of esters is 8. The van der Waals surface area contributed by atoms with Crippen LogP contribution >= 0.6 is 0 Å². The Morgan fingerprint density at radius 1 is 0.325 bits per heavy atom. The zero-order chi connectivity index (χ0) is 93.3. The van der Waals surface area contributed by atoms with Crippen molar-refractivity contribution in [3.63, 3.8) is 0 Å². The molecule has 0 aromatic rings. The molecule has 0 aliphatic carbocycles. The zero-order valence-corrected chi connectivity index (χ0v) is 72.7. The molecule has 49 nitrogen and oxygen atoms in total. The van der Waals surface area contributed by atoms with Crippen molar-refractivity contribution in [3.05, 3.63) is 0 Å². The Labute approximate surface area is 727 Å². The minimum atomic E-state index is -1.42. The topological polar surface area (TPSA) is 616 Å². The predicted molar refractivity (Wildman–Crippen MR) is 418 cm³/mol. The lowest BCUT2D eigenvalue weighted by Gasteiger charge is -2.44. The Morgan fingerprint density at radius 2 is 0.603 bits per heavy atom. The monoisotopic (exact) mass is 1820 g/mol. The third kappa shape index (κ3) is 48.4. The summed E-state index contributed by atoms with van der Waals surface area (Å²) in [5, 5.41) is 28.4. The Hall–Kier alpha value is -9.61. The molecule has 0 bridgehead atoms. The van der Waals surface area contributed by atoms with Crippen LogP contribution in [0.2, 0.25) is 0 Å². The Morgan fingerprint density at radius 3 is 0.889 bits per heavy atom. The van der Waals surface area contributed by atoms with E-state index in [-0.39, 0.29) is 177 Å². The fraction of sp³-hybridized carbons (Fsp3) is 0.779. The van der Waals surface area contributed by atoms with Crippen molar-refractivity contribution in [3.8, 4) is 0 Å². The molecule has 0 saturated carbocycles. The van der Waals surface area contributed by atoms with E-state index in [9.17, 15) is 86.6 Å². The number of hydrogen-bond donors (Lipinski definition) is 8. The Balaban J connectivity index is 1.46. The van der Waals surface area contributed by atoms with Gasteiger partial charge in [-0.1, -0.05) is 0 Å². The maximum absolute atomic E-state index is 13.8. The highest BCUT2D eigenvalue weighted by molar-refractivity contribution is 5.90. The SMILES string of the molecule is CC(=O)N[C@H]1[C@H](OCCOCCOCCOCC(=O)N[C@@H](CCCCNC(=O)COCCOCCOCCO[C@@H]2O[C@H](COC(C)=O)[C@H](OC(C)=O)[C@H](OC(C)=O)[C@H]2NC(C)=O)C(=O)N[C@@H](CCCCNC(=O)COCCOCCOCCO[C@@H]2O[C@H](COC(C)=O)[C@H](OC(C)=O)[C@H](OC(C)=O)[C@H]2NC(C)=O)C(=O)O)O[C@H](COC=O)[C@H](OC(C)=O)[C@@H]1OC(C)=O. The van der Waals surface area contributed by atoms with E-state index in [4.69, 9.17) is 114 Å². The summed E-state index contributed by atoms with van der Waals surface area (Å²) in [5.41, 5.74) is 0. The Kier molecular flexibility index (Phi) is 56.3. The molecular weight excluding hydrogens is 1690 g/mol. The number of carboxylic acid groups (broad SMARTS) is 1. The van der Waals surface area contributed by atoms with E-state index in [2.05, 4.69) is 37.2 Å². The summed E-state index contributed by atoms with van der Waals surface area (Å²) in [4.78, 5) is 208. The van der Waals surface area contributed by atoms with Crippen molar-refractivity contribution in [1.29, 1.82) is 0 Å². The molecule has 3 fully saturated rings. The molecule has 3 aliphatic rings. The first kappa shape index (κ1) is 111. The molecule has 7 amide bonds. The fourth-order valence-corrected chi connectivity index (χ4v) is 12.3. The number of carboxylic acids is 1. The average Bonchev–Trinajstić information content (AvgIpc) is 0.796. The normalized spacial score (nSPS) is 22.4. The number of rotatable bonds is 66. The van der Waals surface area contributed by atoms with E-state index < -0.39 is 226 Å². The molecule has 0 spiro atoms. The van der Waals surface area contributed by atoms with E-state index in [0.29, 0.717) is 12.8 Å². The number of unbranched alkanes of at least 4 members (excludes halogenated alkanes) is 2. The van der Waals surface area contributed by atoms with Gasteiger partial charge in [0.2, 0.25) is 41.4 Å². The lowest BCUT2D eigenvalue weighted by molar-refractivity contribution is -0.279. The first-order valence-electron chi connectivity index (χ1n) is 40.6. The molecule has 3 heterocycles. The second kappa shape index (κ2) is 64.2. The Bertz CT molecular complexity index is 3380. The van der Waals surface area contributed by atoms with Gasteiger partial charge in [-0.3, -0.25) is 76.7 Å². The summed E-state index contributed by atoms with van der Waals surface area (Å²) in [6.45, 7) is 10.6. The highest BCUT2D eigenvalue weighted by atomic mass is 16.7. The third-order valence-electron chi connectivity index (χ3n) is 17.3. The van der Waals surface area contributed by atoms with Crippen molar-refractivity contribution < 1.29 is 200 Å². The van der Waals surface area contributed by atoms with Gasteiger partial charge in [-0.25, -0.2) is 4.79 Å². The van der Waals surface area contributed by atoms with Crippen LogP contribution in [-0.4, -0.2) is 382 Å². The molecular formula is C77H123N7O42. The van der Waals surface area contributed by atoms with Gasteiger partial charge in [0.15, 0.2) is 55.5 Å². The number of ether oxygens (including phenoxy) is 24. The maximum atomic E-state index is 13.8. The summed E-state index contributed by atoms with van der Waals surface area (Å²) in [5.74, 6) is -11.5. The average molecular weight is 1820 g/mol. The van der Waals surface area contributed by atoms with Crippen LogP contribution < -0.4 is 37.2 Å². The number of nitrogens with one attached hydrogen (secondary N) is 7. The molecule has 0 aromatic heterocycles. The van der Waals surface area contributed by atoms with Gasteiger partial charge in [0, 0.05) is 89.3 Å². The van der Waals surface area contributed by atoms with Gasteiger partial charge in [-0.05, 0) is 38.5 Å². The van der Waals surface area contributed by atoms with E-state index in [1.54, 1.807) is 0 Å². The second-order valence-electron chi connectivity index (χ2n) is 27.9. The highest BCUT2D eigenvalue weighted by Crippen LogP contribution is 2.31. The second-order valence-corrected chi connectivity index (χ2v) is 27.9. The van der Waals surface area contributed by atoms with Crippen molar-refractivity contribution in [2.45, 2.75) is 219 Å². The summed E-state index contributed by atoms with van der Waals surface area (Å²) >= 11 is 0. The van der Waals surface area contributed by atoms with Gasteiger partial charge >= 0.3 is 53.7 Å². The van der Waals surface area contributed by atoms with Gasteiger partial charge in [-0.15, -0.1) is 0 Å². The molecule has 0 aromatic carbocycles. The largest absolute Gasteiger partial charge is 0.480 e. The summed E-state index contributed by atoms with van der Waals surface area (Å²) in [7, 11) is 0. The standard InChI is InChI=1S/C77H123N7O42/c1-45(86)80-64-70(121-53(9)94)67(118-50(6)91)58(38-112-44-85)124-75(64)113-35-32-106-25-22-105-28-31-111-43-63(99)83-56(16-12-14-18-78-61(97)41-109-29-26-103-20-23-107-33-36-114-76-65(81-46(2)87)71(122-54(10)95)68(119-51(7)92)59(125-76)39-116-48(4)89)73(100)84-57(74(101)102)17-13-15-19-79-62(98)42-110-30-27-104-21-24-108-34-37-115-77-66(82-47(3)88)72(123-55(11)96)69(120-52(8)93)60(126-77)40-117-49(5)90/h44,56-60,64-72,75-77H,12-43H2,1-11H3,(H,78,97)(H,79,98)(H,80,86)(H,81,87)(H,82,88)(H,83,99)(H,84,100)(H,101,102)/t56-,57-,58+,59+,60+,64+,65+,66+,67-,68-,69-,70+,71+,72+,75+,76+,77+/m0/s1. The molecule has 0 radical (unpaired) electrons. The lowest BCUT2D eigenvalue weighted by Crippen LogP contribution is -2.66. The van der Waals surface area contributed by atoms with Crippen molar-refractivity contribution >= 4 is 102 Å². The van der Waals surface area contributed by atoms with Gasteiger partial charge in [0.25, 0.3) is 6.47 Å². The molecule has 0 unspecified atom stereocenters. The molecule has 3 rings (SSSR count). The molecule has 8 N–H and O–H groups in total. The van der Waals surface area contributed by atoms with Crippen molar-refractivity contribution in [2.75, 3.05) is 172 Å². The van der Waals surface area contributed by atoms with Crippen LogP contribution in [-0.2, 0) is 195 Å². The number of aliphatic carboxylic acids is 1. The maximum Gasteiger partial charge on any atom is 0.326 e. The summed E-state index contributed by atoms with van der Waals surface area (Å²) < 4.78 is 133. The molecule has 3 saturated heterocycles. The van der Waals surface area contributed by atoms with E-state index in [1.165, 1.54) is 20.8 Å². The van der Waals surface area contributed by atoms with Crippen LogP contribution in [0.4, 0.5) is 0 Å². The van der Waals surface area contributed by atoms with E-state index in [1.807, 2.05) is 0 Å². The van der Waals surface area contributed by atoms with E-state index in [0.717, 1.165) is 55.4 Å². The van der Waals surface area contributed by atoms with Crippen LogP contribution in [0, 0.1) is 0 Å². The minimum Gasteiger partial charge on any atom is -0.480 e. The quantitative estimate of drug-likeness (QED) is 0.0123. The van der Waals surface area contributed by atoms with Crippen LogP contribution in [0.1, 0.15) is 115 Å². The van der Waals surface area contributed by atoms with Crippen LogP contribution in [0.15, 0.2) is 0 Å². The van der Waals surface area contributed by atoms with Gasteiger partial charge in [0.05, 0.1) is 119 Å². The van der Waals surface area contributed by atoms with Crippen molar-refractivity contribution in [2.24, 2.45) is 0 Å². The van der Waals surface area contributed by atoms with E-state index >= 15 is 0 Å². The number of amides is 7. The fourth-order valence-electron chi connectivity index (χ4n) is 12.3. The zero-order valence-electron chi connectivity index (χ0n) is 72.7. The molecule has 718 valence electrons. The number of carbonyl (C=O) groups excluding carboxylic acids is 16. The molecule has 3 aliphatic heterocycles. The molecule has 126 heavy (non-hydrogen) atoms. The summed E-state index contributed by atoms with van der Waals surface area (Å²) in [6, 6.07) is -6.21. The number of carbonyl (C=O) groups is 17. The third-order valence-corrected chi connectivity index (χ3v) is 17.3. The van der Waals surface area contributed by atoms with Gasteiger partial charge in [0.1, 0.15) is 88.2 Å². The predicted octanol–water partition coefficient (Wildman–Crippen LogP) is -4.61. The van der Waals surface area contributed by atoms with Crippen LogP contribution in [0.3, 0.4) is 0 Å². The lowest BCUT2D eigenvalue weighted by atomic mass is 9.96. The molecule has 49 heteroatoms. The summed E-state index contributed by atoms with van der Waals surface area (Å²) in [6.07, 6.45) is -14.2. The van der Waals surface area contributed by atoms with Crippen molar-refractivity contribution in [1.82, 2.24) is 37.2 Å². The smallest absolute Gasteiger partial charge is 0.326 e. The minimum absolute atomic E-state index is 0.00358.